The number of nitrogens with two attached hydrogens (primary N) is 1. The van der Waals surface area contributed by atoms with Gasteiger partial charge in [0, 0.05) is 25.4 Å². The minimum atomic E-state index is 0.0631. The lowest BCUT2D eigenvalue weighted by molar-refractivity contribution is 0.500. The van der Waals surface area contributed by atoms with E-state index in [0.29, 0.717) is 0 Å². The highest BCUT2D eigenvalue weighted by Crippen LogP contribution is 2.30. The van der Waals surface area contributed by atoms with Crippen molar-refractivity contribution in [3.63, 3.8) is 0 Å². The molecule has 0 saturated carbocycles. The molecule has 1 heterocycles. The molecule has 0 aliphatic carbocycles. The van der Waals surface area contributed by atoms with Crippen LogP contribution in [0.5, 0.6) is 0 Å². The van der Waals surface area contributed by atoms with E-state index in [0.717, 1.165) is 18.8 Å². The van der Waals surface area contributed by atoms with Gasteiger partial charge in [-0.25, -0.2) is 4.98 Å². The summed E-state index contributed by atoms with van der Waals surface area (Å²) in [5, 5.41) is 0. The largest absolute Gasteiger partial charge is 0.335 e. The minimum absolute atomic E-state index is 0.0631. The van der Waals surface area contributed by atoms with Crippen molar-refractivity contribution in [3.8, 4) is 0 Å². The molecule has 0 bridgehead atoms. The first-order chi connectivity index (χ1) is 9.97. The van der Waals surface area contributed by atoms with Crippen molar-refractivity contribution in [2.75, 3.05) is 0 Å². The molecule has 4 heteroatoms. The maximum absolute atomic E-state index is 5.84. The van der Waals surface area contributed by atoms with Crippen LogP contribution in [0.4, 0.5) is 0 Å². The van der Waals surface area contributed by atoms with Crippen molar-refractivity contribution >= 4 is 0 Å². The fourth-order valence-electron chi connectivity index (χ4n) is 2.74. The van der Waals surface area contributed by atoms with Crippen molar-refractivity contribution < 1.29 is 0 Å². The van der Waals surface area contributed by atoms with E-state index in [4.69, 9.17) is 5.84 Å². The Hall–Kier alpha value is -1.65. The molecule has 0 aliphatic rings. The summed E-state index contributed by atoms with van der Waals surface area (Å²) in [4.78, 5) is 4.46. The van der Waals surface area contributed by atoms with Gasteiger partial charge in [0.25, 0.3) is 0 Å². The number of nitrogens with zero attached hydrogens (tertiary/aromatic N) is 2. The smallest absolute Gasteiger partial charge is 0.110 e. The average molecular weight is 286 g/mol. The van der Waals surface area contributed by atoms with Crippen molar-refractivity contribution in [2.24, 2.45) is 5.84 Å². The first-order valence-electron chi connectivity index (χ1n) is 7.53. The number of hydrogen-bond acceptors (Lipinski definition) is 3. The number of nitrogens with one attached hydrogen (secondary N) is 1. The number of imidazole rings is 1. The zero-order valence-corrected chi connectivity index (χ0v) is 13.4. The zero-order valence-electron chi connectivity index (χ0n) is 13.4. The molecule has 3 N–H and O–H groups in total. The number of hydrazine groups is 1. The molecule has 1 atom stereocenters. The quantitative estimate of drug-likeness (QED) is 0.656. The van der Waals surface area contributed by atoms with Gasteiger partial charge in [0.2, 0.25) is 0 Å². The van der Waals surface area contributed by atoms with E-state index in [1.807, 2.05) is 12.4 Å². The van der Waals surface area contributed by atoms with E-state index in [9.17, 15) is 0 Å². The summed E-state index contributed by atoms with van der Waals surface area (Å²) in [6.45, 7) is 9.73. The predicted octanol–water partition coefficient (Wildman–Crippen LogP) is 2.95. The van der Waals surface area contributed by atoms with E-state index in [1.165, 1.54) is 11.1 Å². The summed E-state index contributed by atoms with van der Waals surface area (Å²) in [6.07, 6.45) is 4.64. The molecule has 0 radical (unpaired) electrons. The summed E-state index contributed by atoms with van der Waals surface area (Å²) in [5.41, 5.74) is 5.63. The van der Waals surface area contributed by atoms with Crippen LogP contribution in [-0.4, -0.2) is 9.55 Å². The molecule has 21 heavy (non-hydrogen) atoms. The van der Waals surface area contributed by atoms with E-state index in [-0.39, 0.29) is 11.5 Å². The van der Waals surface area contributed by atoms with Crippen LogP contribution in [0, 0.1) is 0 Å². The highest BCUT2D eigenvalue weighted by Gasteiger charge is 2.23. The number of aryl methyl sites for hydroxylation is 1. The Morgan fingerprint density at radius 1 is 1.29 bits per heavy atom. The first kappa shape index (κ1) is 15.7. The van der Waals surface area contributed by atoms with Crippen molar-refractivity contribution in [2.45, 2.75) is 52.1 Å². The monoisotopic (exact) mass is 286 g/mol. The normalized spacial score (nSPS) is 13.4. The van der Waals surface area contributed by atoms with Gasteiger partial charge in [0.15, 0.2) is 0 Å². The summed E-state index contributed by atoms with van der Waals surface area (Å²) < 4.78 is 2.16. The lowest BCUT2D eigenvalue weighted by Gasteiger charge is -2.27. The molecule has 4 nitrogen and oxygen atoms in total. The molecule has 114 valence electrons. The van der Waals surface area contributed by atoms with Crippen LogP contribution < -0.4 is 11.3 Å². The van der Waals surface area contributed by atoms with Gasteiger partial charge in [0.1, 0.15) is 5.82 Å². The summed E-state index contributed by atoms with van der Waals surface area (Å²) >= 11 is 0. The van der Waals surface area contributed by atoms with Crippen LogP contribution in [-0.2, 0) is 18.4 Å². The Morgan fingerprint density at radius 3 is 2.62 bits per heavy atom. The van der Waals surface area contributed by atoms with Gasteiger partial charge in [-0.2, -0.15) is 0 Å². The van der Waals surface area contributed by atoms with Crippen LogP contribution in [0.25, 0.3) is 0 Å². The predicted molar refractivity (Wildman–Crippen MR) is 86.8 cm³/mol. The van der Waals surface area contributed by atoms with Gasteiger partial charge in [-0.15, -0.1) is 0 Å². The number of hydrogen-bond donors (Lipinski definition) is 2. The molecule has 2 rings (SSSR count). The van der Waals surface area contributed by atoms with Gasteiger partial charge in [0.05, 0.1) is 6.04 Å². The fourth-order valence-corrected chi connectivity index (χ4v) is 2.74. The van der Waals surface area contributed by atoms with Gasteiger partial charge in [-0.05, 0) is 23.5 Å². The Bertz CT molecular complexity index is 580. The van der Waals surface area contributed by atoms with Gasteiger partial charge in [-0.1, -0.05) is 45.0 Å². The van der Waals surface area contributed by atoms with Crippen LogP contribution in [0.2, 0.25) is 0 Å². The van der Waals surface area contributed by atoms with Crippen LogP contribution in [0.3, 0.4) is 0 Å². The van der Waals surface area contributed by atoms with Crippen molar-refractivity contribution in [1.29, 1.82) is 0 Å². The molecule has 1 aromatic heterocycles. The minimum Gasteiger partial charge on any atom is -0.335 e. The van der Waals surface area contributed by atoms with Crippen LogP contribution in [0.1, 0.15) is 50.7 Å². The highest BCUT2D eigenvalue weighted by atomic mass is 15.2. The molecular formula is C17H26N4. The third-order valence-electron chi connectivity index (χ3n) is 3.87. The van der Waals surface area contributed by atoms with Crippen molar-refractivity contribution in [3.05, 3.63) is 53.6 Å². The highest BCUT2D eigenvalue weighted by molar-refractivity contribution is 5.35. The lowest BCUT2D eigenvalue weighted by atomic mass is 9.81. The van der Waals surface area contributed by atoms with Gasteiger partial charge < -0.3 is 4.57 Å². The molecule has 0 spiro atoms. The zero-order chi connectivity index (χ0) is 15.5. The number of benzene rings is 1. The second-order valence-electron chi connectivity index (χ2n) is 6.39. The topological polar surface area (TPSA) is 55.9 Å². The van der Waals surface area contributed by atoms with E-state index < -0.39 is 0 Å². The molecule has 0 amide bonds. The molecule has 1 unspecified atom stereocenters. The number of aromatic nitrogens is 2. The Balaban J connectivity index is 2.34. The lowest BCUT2D eigenvalue weighted by Crippen LogP contribution is -2.32. The van der Waals surface area contributed by atoms with Crippen molar-refractivity contribution in [1.82, 2.24) is 15.0 Å². The van der Waals surface area contributed by atoms with Gasteiger partial charge in [-0.3, -0.25) is 11.3 Å². The fraction of sp³-hybridized carbons (Fsp3) is 0.471. The Kier molecular flexibility index (Phi) is 4.80. The number of rotatable bonds is 5. The summed E-state index contributed by atoms with van der Waals surface area (Å²) in [5.74, 6) is 6.90. The standard InChI is InChI=1S/C17H26N4/c1-5-21-11-10-19-16(21)12-15(20-18)13-8-6-7-9-14(13)17(2,3)4/h6-11,15,20H,5,12,18H2,1-4H3. The molecular weight excluding hydrogens is 260 g/mol. The summed E-state index contributed by atoms with van der Waals surface area (Å²) in [7, 11) is 0. The third kappa shape index (κ3) is 3.52. The maximum Gasteiger partial charge on any atom is 0.110 e. The first-order valence-corrected chi connectivity index (χ1v) is 7.53. The summed E-state index contributed by atoms with van der Waals surface area (Å²) in [6, 6.07) is 8.57. The molecule has 2 aromatic rings. The molecule has 0 aliphatic heterocycles. The van der Waals surface area contributed by atoms with E-state index >= 15 is 0 Å². The van der Waals surface area contributed by atoms with E-state index in [1.54, 1.807) is 0 Å². The van der Waals surface area contributed by atoms with Gasteiger partial charge >= 0.3 is 0 Å². The Labute approximate surface area is 127 Å². The molecule has 0 fully saturated rings. The van der Waals surface area contributed by atoms with E-state index in [2.05, 4.69) is 66.9 Å². The Morgan fingerprint density at radius 2 is 2.00 bits per heavy atom. The third-order valence-corrected chi connectivity index (χ3v) is 3.87. The molecule has 0 saturated heterocycles. The second kappa shape index (κ2) is 6.41. The SMILES string of the molecule is CCn1ccnc1CC(NN)c1ccccc1C(C)(C)C. The van der Waals surface area contributed by atoms with Crippen LogP contribution in [0.15, 0.2) is 36.7 Å². The molecule has 1 aromatic carbocycles. The van der Waals surface area contributed by atoms with Crippen LogP contribution >= 0.6 is 0 Å². The second-order valence-corrected chi connectivity index (χ2v) is 6.39. The maximum atomic E-state index is 5.84. The average Bonchev–Trinajstić information content (AvgIpc) is 2.91.